The molecular weight excluding hydrogens is 412 g/mol. The molecule has 2 aliphatic rings. The predicted octanol–water partition coefficient (Wildman–Crippen LogP) is 5.56. The van der Waals surface area contributed by atoms with Crippen molar-refractivity contribution < 1.29 is 4.21 Å². The lowest BCUT2D eigenvalue weighted by molar-refractivity contribution is 0.0357. The third-order valence-electron chi connectivity index (χ3n) is 7.06. The summed E-state index contributed by atoms with van der Waals surface area (Å²) in [5, 5.41) is 0. The Morgan fingerprint density at radius 3 is 2.38 bits per heavy atom. The SMILES string of the molecule is Cc1cccc(-c2ccc(C3CN4CCCCN(S(=O)c5ccccc5C)C[C@@H]34)cc2)c1. The second kappa shape index (κ2) is 9.30. The second-order valence-electron chi connectivity index (χ2n) is 9.27. The molecule has 0 radical (unpaired) electrons. The third-order valence-corrected chi connectivity index (χ3v) is 8.70. The van der Waals surface area contributed by atoms with Crippen molar-refractivity contribution in [2.24, 2.45) is 0 Å². The second-order valence-corrected chi connectivity index (χ2v) is 10.7. The molecule has 166 valence electrons. The van der Waals surface area contributed by atoms with E-state index in [4.69, 9.17) is 0 Å². The van der Waals surface area contributed by atoms with Crippen molar-refractivity contribution in [1.29, 1.82) is 0 Å². The average Bonchev–Trinajstić information content (AvgIpc) is 2.79. The van der Waals surface area contributed by atoms with Crippen LogP contribution in [0.25, 0.3) is 11.1 Å². The number of aryl methyl sites for hydroxylation is 2. The van der Waals surface area contributed by atoms with Crippen molar-refractivity contribution in [3.8, 4) is 11.1 Å². The molecule has 2 heterocycles. The van der Waals surface area contributed by atoms with Crippen molar-refractivity contribution in [3.63, 3.8) is 0 Å². The van der Waals surface area contributed by atoms with Crippen LogP contribution in [-0.2, 0) is 11.0 Å². The molecule has 0 N–H and O–H groups in total. The van der Waals surface area contributed by atoms with E-state index in [1.165, 1.54) is 28.7 Å². The first-order valence-corrected chi connectivity index (χ1v) is 12.8. The third kappa shape index (κ3) is 4.32. The quantitative estimate of drug-likeness (QED) is 0.526. The van der Waals surface area contributed by atoms with Crippen LogP contribution in [-0.4, -0.2) is 45.6 Å². The highest BCUT2D eigenvalue weighted by Gasteiger charge is 2.41. The van der Waals surface area contributed by atoms with E-state index in [9.17, 15) is 4.21 Å². The van der Waals surface area contributed by atoms with Crippen LogP contribution >= 0.6 is 0 Å². The maximum Gasteiger partial charge on any atom is 0.127 e. The zero-order chi connectivity index (χ0) is 22.1. The fourth-order valence-electron chi connectivity index (χ4n) is 5.15. The van der Waals surface area contributed by atoms with Crippen LogP contribution in [0.1, 0.15) is 35.4 Å². The van der Waals surface area contributed by atoms with E-state index in [0.717, 1.165) is 43.1 Å². The van der Waals surface area contributed by atoms with E-state index in [1.54, 1.807) is 0 Å². The largest absolute Gasteiger partial charge is 0.298 e. The summed E-state index contributed by atoms with van der Waals surface area (Å²) < 4.78 is 15.7. The summed E-state index contributed by atoms with van der Waals surface area (Å²) in [6.45, 7) is 8.25. The zero-order valence-corrected chi connectivity index (χ0v) is 19.9. The van der Waals surface area contributed by atoms with E-state index in [1.807, 2.05) is 18.2 Å². The Labute approximate surface area is 194 Å². The van der Waals surface area contributed by atoms with E-state index in [2.05, 4.69) is 77.6 Å². The molecule has 0 spiro atoms. The van der Waals surface area contributed by atoms with Gasteiger partial charge in [0.15, 0.2) is 0 Å². The summed E-state index contributed by atoms with van der Waals surface area (Å²) in [4.78, 5) is 3.55. The van der Waals surface area contributed by atoms with E-state index >= 15 is 0 Å². The highest BCUT2D eigenvalue weighted by Crippen LogP contribution is 2.37. The first-order chi connectivity index (χ1) is 15.6. The molecule has 2 saturated heterocycles. The fraction of sp³-hybridized carbons (Fsp3) is 0.357. The van der Waals surface area contributed by atoms with Gasteiger partial charge >= 0.3 is 0 Å². The maximum absolute atomic E-state index is 13.5. The van der Waals surface area contributed by atoms with Gasteiger partial charge in [-0.05, 0) is 61.6 Å². The highest BCUT2D eigenvalue weighted by molar-refractivity contribution is 7.82. The molecule has 3 atom stereocenters. The molecule has 2 fully saturated rings. The smallest absolute Gasteiger partial charge is 0.127 e. The van der Waals surface area contributed by atoms with Crippen LogP contribution in [0.15, 0.2) is 77.7 Å². The Morgan fingerprint density at radius 1 is 0.812 bits per heavy atom. The molecule has 0 amide bonds. The molecule has 5 rings (SSSR count). The molecule has 32 heavy (non-hydrogen) atoms. The van der Waals surface area contributed by atoms with E-state index < -0.39 is 11.0 Å². The Kier molecular flexibility index (Phi) is 6.27. The van der Waals surface area contributed by atoms with E-state index in [-0.39, 0.29) is 0 Å². The van der Waals surface area contributed by atoms with Gasteiger partial charge in [0.05, 0.1) is 4.90 Å². The lowest BCUT2D eigenvalue weighted by Gasteiger charge is -2.51. The molecule has 2 unspecified atom stereocenters. The number of fused-ring (bicyclic) bond motifs is 1. The van der Waals surface area contributed by atoms with Crippen molar-refractivity contribution in [2.75, 3.05) is 26.2 Å². The Balaban J connectivity index is 1.34. The first kappa shape index (κ1) is 21.6. The van der Waals surface area contributed by atoms with Gasteiger partial charge in [-0.15, -0.1) is 0 Å². The van der Waals surface area contributed by atoms with Gasteiger partial charge in [-0.1, -0.05) is 72.3 Å². The average molecular weight is 445 g/mol. The van der Waals surface area contributed by atoms with Gasteiger partial charge in [0.2, 0.25) is 0 Å². The Morgan fingerprint density at radius 2 is 1.59 bits per heavy atom. The van der Waals surface area contributed by atoms with Crippen LogP contribution in [0.2, 0.25) is 0 Å². The standard InChI is InChI=1S/C28H32N2OS/c1-21-8-7-10-25(18-21)23-12-14-24(15-13-23)26-19-29-16-5-6-17-30(20-27(26)29)32(31)28-11-4-3-9-22(28)2/h3-4,7-15,18,26-27H,5-6,16-17,19-20H2,1-2H3/t26?,27-,32?/m0/s1. The number of hydrogen-bond acceptors (Lipinski definition) is 2. The molecule has 3 nitrogen and oxygen atoms in total. The summed E-state index contributed by atoms with van der Waals surface area (Å²) in [6.07, 6.45) is 2.29. The van der Waals surface area contributed by atoms with Crippen LogP contribution in [0.4, 0.5) is 0 Å². The topological polar surface area (TPSA) is 23.6 Å². The van der Waals surface area contributed by atoms with Gasteiger partial charge in [-0.3, -0.25) is 4.90 Å². The molecule has 2 aliphatic heterocycles. The van der Waals surface area contributed by atoms with Crippen molar-refractivity contribution in [2.45, 2.75) is 43.5 Å². The number of benzene rings is 3. The molecule has 0 aromatic heterocycles. The number of hydrogen-bond donors (Lipinski definition) is 0. The van der Waals surface area contributed by atoms with Gasteiger partial charge in [0.1, 0.15) is 11.0 Å². The van der Waals surface area contributed by atoms with Crippen molar-refractivity contribution >= 4 is 11.0 Å². The molecule has 0 saturated carbocycles. The summed E-state index contributed by atoms with van der Waals surface area (Å²) in [5.74, 6) is 0.510. The van der Waals surface area contributed by atoms with Crippen LogP contribution in [0.5, 0.6) is 0 Å². The lowest BCUT2D eigenvalue weighted by Crippen LogP contribution is -2.60. The fourth-order valence-corrected chi connectivity index (χ4v) is 6.55. The minimum Gasteiger partial charge on any atom is -0.298 e. The molecule has 3 aromatic rings. The predicted molar refractivity (Wildman–Crippen MR) is 133 cm³/mol. The normalized spacial score (nSPS) is 22.9. The van der Waals surface area contributed by atoms with Crippen molar-refractivity contribution in [1.82, 2.24) is 9.21 Å². The lowest BCUT2D eigenvalue weighted by atomic mass is 9.81. The van der Waals surface area contributed by atoms with E-state index in [0.29, 0.717) is 12.0 Å². The highest BCUT2D eigenvalue weighted by atomic mass is 32.2. The molecule has 3 aromatic carbocycles. The minimum atomic E-state index is -1.10. The van der Waals surface area contributed by atoms with Crippen LogP contribution in [0.3, 0.4) is 0 Å². The minimum absolute atomic E-state index is 0.438. The zero-order valence-electron chi connectivity index (χ0n) is 19.0. The van der Waals surface area contributed by atoms with Gasteiger partial charge in [0.25, 0.3) is 0 Å². The molecule has 0 aliphatic carbocycles. The summed E-state index contributed by atoms with van der Waals surface area (Å²) in [6, 6.07) is 26.4. The summed E-state index contributed by atoms with van der Waals surface area (Å²) >= 11 is 0. The molecular formula is C28H32N2OS. The van der Waals surface area contributed by atoms with Gasteiger partial charge in [-0.2, -0.15) is 0 Å². The van der Waals surface area contributed by atoms with Gasteiger partial charge in [0, 0.05) is 31.6 Å². The summed E-state index contributed by atoms with van der Waals surface area (Å²) in [7, 11) is -1.10. The van der Waals surface area contributed by atoms with Crippen LogP contribution < -0.4 is 0 Å². The van der Waals surface area contributed by atoms with Gasteiger partial charge in [-0.25, -0.2) is 8.51 Å². The monoisotopic (exact) mass is 444 g/mol. The number of nitrogens with zero attached hydrogens (tertiary/aromatic N) is 2. The number of rotatable bonds is 4. The van der Waals surface area contributed by atoms with Crippen molar-refractivity contribution in [3.05, 3.63) is 89.5 Å². The Hall–Kier alpha value is -2.27. The Bertz CT molecular complexity index is 1110. The van der Waals surface area contributed by atoms with Crippen LogP contribution in [0, 0.1) is 13.8 Å². The molecule has 4 heteroatoms. The summed E-state index contributed by atoms with van der Waals surface area (Å²) in [5.41, 5.74) is 6.36. The molecule has 0 bridgehead atoms. The first-order valence-electron chi connectivity index (χ1n) is 11.7. The van der Waals surface area contributed by atoms with Gasteiger partial charge < -0.3 is 0 Å². The maximum atomic E-state index is 13.5.